The minimum absolute atomic E-state index is 0.0745. The van der Waals surface area contributed by atoms with Crippen molar-refractivity contribution < 1.29 is 14.7 Å². The first-order valence-corrected chi connectivity index (χ1v) is 4.89. The van der Waals surface area contributed by atoms with Gasteiger partial charge >= 0.3 is 5.97 Å². The van der Waals surface area contributed by atoms with Gasteiger partial charge in [0.15, 0.2) is 0 Å². The molecule has 2 N–H and O–H groups in total. The molecule has 0 aliphatic rings. The van der Waals surface area contributed by atoms with Crippen LogP contribution < -0.4 is 5.32 Å². The lowest BCUT2D eigenvalue weighted by Crippen LogP contribution is -2.26. The quantitative estimate of drug-likeness (QED) is 0.771. The van der Waals surface area contributed by atoms with E-state index >= 15 is 0 Å². The Balaban J connectivity index is 2.39. The fourth-order valence-electron chi connectivity index (χ4n) is 0.841. The number of carboxylic acid groups (broad SMARTS) is 1. The van der Waals surface area contributed by atoms with Crippen molar-refractivity contribution in [2.45, 2.75) is 13.3 Å². The Morgan fingerprint density at radius 1 is 1.64 bits per heavy atom. The Kier molecular flexibility index (Phi) is 3.58. The number of hydrogen-bond acceptors (Lipinski definition) is 4. The largest absolute Gasteiger partial charge is 0.481 e. The molecule has 1 amide bonds. The number of rotatable bonds is 4. The molecule has 6 heteroatoms. The third kappa shape index (κ3) is 3.14. The number of amides is 1. The third-order valence-corrected chi connectivity index (χ3v) is 2.25. The van der Waals surface area contributed by atoms with Crippen LogP contribution in [0.3, 0.4) is 0 Å². The number of nitrogens with one attached hydrogen (secondary N) is 1. The molecule has 0 atom stereocenters. The molecule has 0 saturated carbocycles. The van der Waals surface area contributed by atoms with Gasteiger partial charge in [-0.2, -0.15) is 0 Å². The van der Waals surface area contributed by atoms with E-state index in [1.54, 1.807) is 12.3 Å². The second-order valence-electron chi connectivity index (χ2n) is 2.65. The Labute approximate surface area is 84.8 Å². The highest BCUT2D eigenvalue weighted by Gasteiger charge is 2.08. The molecule has 5 nitrogen and oxygen atoms in total. The third-order valence-electron chi connectivity index (χ3n) is 1.48. The molecule has 1 aromatic heterocycles. The number of hydrogen-bond donors (Lipinski definition) is 2. The lowest BCUT2D eigenvalue weighted by atomic mass is 10.4. The van der Waals surface area contributed by atoms with E-state index in [0.29, 0.717) is 5.69 Å². The van der Waals surface area contributed by atoms with Crippen molar-refractivity contribution in [2.24, 2.45) is 0 Å². The molecule has 14 heavy (non-hydrogen) atoms. The zero-order chi connectivity index (χ0) is 10.6. The maximum Gasteiger partial charge on any atom is 0.305 e. The van der Waals surface area contributed by atoms with Crippen molar-refractivity contribution in [1.82, 2.24) is 10.3 Å². The van der Waals surface area contributed by atoms with Crippen molar-refractivity contribution in [1.29, 1.82) is 0 Å². The number of carboxylic acids is 1. The molecule has 1 rings (SSSR count). The van der Waals surface area contributed by atoms with Crippen molar-refractivity contribution in [3.8, 4) is 0 Å². The van der Waals surface area contributed by atoms with Gasteiger partial charge in [0, 0.05) is 11.9 Å². The summed E-state index contributed by atoms with van der Waals surface area (Å²) in [6, 6.07) is 0. The minimum atomic E-state index is -0.931. The van der Waals surface area contributed by atoms with E-state index in [1.165, 1.54) is 11.3 Å². The van der Waals surface area contributed by atoms with Gasteiger partial charge in [0.05, 0.1) is 11.4 Å². The van der Waals surface area contributed by atoms with E-state index < -0.39 is 5.97 Å². The summed E-state index contributed by atoms with van der Waals surface area (Å²) >= 11 is 1.38. The summed E-state index contributed by atoms with van der Waals surface area (Å²) in [7, 11) is 0. The summed E-state index contributed by atoms with van der Waals surface area (Å²) in [6.45, 7) is 1.93. The Bertz CT molecular complexity index is 348. The Morgan fingerprint density at radius 2 is 2.36 bits per heavy atom. The number of thiazole rings is 1. The zero-order valence-electron chi connectivity index (χ0n) is 7.61. The van der Waals surface area contributed by atoms with E-state index in [9.17, 15) is 9.59 Å². The molecular formula is C8H10N2O3S. The van der Waals surface area contributed by atoms with Gasteiger partial charge < -0.3 is 10.4 Å². The van der Waals surface area contributed by atoms with Crippen LogP contribution in [-0.4, -0.2) is 28.5 Å². The van der Waals surface area contributed by atoms with Crippen LogP contribution in [0, 0.1) is 6.92 Å². The Morgan fingerprint density at radius 3 is 2.86 bits per heavy atom. The van der Waals surface area contributed by atoms with Crippen LogP contribution in [0.25, 0.3) is 0 Å². The summed E-state index contributed by atoms with van der Waals surface area (Å²) < 4.78 is 0. The molecule has 0 unspecified atom stereocenters. The normalized spacial score (nSPS) is 9.79. The van der Waals surface area contributed by atoms with Gasteiger partial charge in [0.1, 0.15) is 5.69 Å². The SMILES string of the molecule is Cc1nc(C(=O)NCCC(=O)O)cs1. The first-order valence-electron chi connectivity index (χ1n) is 4.01. The molecule has 0 aromatic carbocycles. The van der Waals surface area contributed by atoms with Gasteiger partial charge in [-0.25, -0.2) is 4.98 Å². The molecule has 0 aliphatic heterocycles. The van der Waals surface area contributed by atoms with Crippen LogP contribution in [0.4, 0.5) is 0 Å². The van der Waals surface area contributed by atoms with E-state index in [-0.39, 0.29) is 18.9 Å². The van der Waals surface area contributed by atoms with Gasteiger partial charge in [0.25, 0.3) is 5.91 Å². The van der Waals surface area contributed by atoms with Gasteiger partial charge in [0.2, 0.25) is 0 Å². The predicted octanol–water partition coefficient (Wildman–Crippen LogP) is 0.656. The molecule has 76 valence electrons. The molecule has 1 heterocycles. The lowest BCUT2D eigenvalue weighted by molar-refractivity contribution is -0.136. The standard InChI is InChI=1S/C8H10N2O3S/c1-5-10-6(4-14-5)8(13)9-3-2-7(11)12/h4H,2-3H2,1H3,(H,9,13)(H,11,12). The first-order chi connectivity index (χ1) is 6.59. The fraction of sp³-hybridized carbons (Fsp3) is 0.375. The molecule has 0 bridgehead atoms. The molecular weight excluding hydrogens is 204 g/mol. The molecule has 0 radical (unpaired) electrons. The number of aryl methyl sites for hydroxylation is 1. The van der Waals surface area contributed by atoms with Gasteiger partial charge in [-0.15, -0.1) is 11.3 Å². The average molecular weight is 214 g/mol. The molecule has 0 saturated heterocycles. The van der Waals surface area contributed by atoms with Gasteiger partial charge in [-0.1, -0.05) is 0 Å². The fourth-order valence-corrected chi connectivity index (χ4v) is 1.43. The van der Waals surface area contributed by atoms with E-state index in [4.69, 9.17) is 5.11 Å². The smallest absolute Gasteiger partial charge is 0.305 e. The molecule has 0 fully saturated rings. The predicted molar refractivity (Wildman–Crippen MR) is 51.4 cm³/mol. The topological polar surface area (TPSA) is 79.3 Å². The second kappa shape index (κ2) is 4.71. The van der Waals surface area contributed by atoms with Crippen LogP contribution in [0.15, 0.2) is 5.38 Å². The molecule has 0 aliphatic carbocycles. The maximum atomic E-state index is 11.3. The van der Waals surface area contributed by atoms with Crippen LogP contribution >= 0.6 is 11.3 Å². The van der Waals surface area contributed by atoms with Crippen LogP contribution in [0.5, 0.6) is 0 Å². The van der Waals surface area contributed by atoms with Crippen molar-refractivity contribution in [3.63, 3.8) is 0 Å². The van der Waals surface area contributed by atoms with E-state index in [0.717, 1.165) is 5.01 Å². The number of aromatic nitrogens is 1. The highest BCUT2D eigenvalue weighted by atomic mass is 32.1. The number of aliphatic carboxylic acids is 1. The average Bonchev–Trinajstić information content (AvgIpc) is 2.51. The van der Waals surface area contributed by atoms with Gasteiger partial charge in [-0.05, 0) is 6.92 Å². The monoisotopic (exact) mass is 214 g/mol. The van der Waals surface area contributed by atoms with E-state index in [1.807, 2.05) is 0 Å². The summed E-state index contributed by atoms with van der Waals surface area (Å²) in [6.07, 6.45) is -0.0745. The summed E-state index contributed by atoms with van der Waals surface area (Å²) in [4.78, 5) is 25.4. The lowest BCUT2D eigenvalue weighted by Gasteiger charge is -1.99. The summed E-state index contributed by atoms with van der Waals surface area (Å²) in [5, 5.41) is 13.3. The first kappa shape index (κ1) is 10.6. The number of carbonyl (C=O) groups is 2. The molecule has 1 aromatic rings. The van der Waals surface area contributed by atoms with Crippen molar-refractivity contribution >= 4 is 23.2 Å². The number of nitrogens with zero attached hydrogens (tertiary/aromatic N) is 1. The van der Waals surface area contributed by atoms with E-state index in [2.05, 4.69) is 10.3 Å². The summed E-state index contributed by atoms with van der Waals surface area (Å²) in [5.41, 5.74) is 0.345. The Hall–Kier alpha value is -1.43. The van der Waals surface area contributed by atoms with Crippen molar-refractivity contribution in [2.75, 3.05) is 6.54 Å². The van der Waals surface area contributed by atoms with Gasteiger partial charge in [-0.3, -0.25) is 9.59 Å². The van der Waals surface area contributed by atoms with Crippen LogP contribution in [0.1, 0.15) is 21.9 Å². The summed E-state index contributed by atoms with van der Waals surface area (Å²) in [5.74, 6) is -1.25. The highest BCUT2D eigenvalue weighted by molar-refractivity contribution is 7.09. The van der Waals surface area contributed by atoms with Crippen LogP contribution in [-0.2, 0) is 4.79 Å². The molecule has 0 spiro atoms. The second-order valence-corrected chi connectivity index (χ2v) is 3.71. The maximum absolute atomic E-state index is 11.3. The van der Waals surface area contributed by atoms with Crippen LogP contribution in [0.2, 0.25) is 0 Å². The number of carbonyl (C=O) groups excluding carboxylic acids is 1. The zero-order valence-corrected chi connectivity index (χ0v) is 8.43. The minimum Gasteiger partial charge on any atom is -0.481 e. The van der Waals surface area contributed by atoms with Crippen molar-refractivity contribution in [3.05, 3.63) is 16.1 Å². The highest BCUT2D eigenvalue weighted by Crippen LogP contribution is 2.07.